The highest BCUT2D eigenvalue weighted by molar-refractivity contribution is 5.77. The topological polar surface area (TPSA) is 89.7 Å². The van der Waals surface area contributed by atoms with E-state index in [0.29, 0.717) is 18.1 Å². The van der Waals surface area contributed by atoms with Gasteiger partial charge in [0.15, 0.2) is 11.5 Å². The molecule has 176 valence electrons. The zero-order valence-electron chi connectivity index (χ0n) is 19.2. The van der Waals surface area contributed by atoms with Crippen LogP contribution in [0, 0.1) is 5.82 Å². The third-order valence-electron chi connectivity index (χ3n) is 5.94. The average molecular weight is 466 g/mol. The molecule has 1 aromatic carbocycles. The molecule has 10 heteroatoms. The minimum Gasteiger partial charge on any atom is -0.324 e. The van der Waals surface area contributed by atoms with Crippen LogP contribution in [0.3, 0.4) is 0 Å². The maximum atomic E-state index is 14.6. The first-order chi connectivity index (χ1) is 16.3. The van der Waals surface area contributed by atoms with Gasteiger partial charge in [0.25, 0.3) is 5.56 Å². The van der Waals surface area contributed by atoms with Crippen LogP contribution < -0.4 is 16.2 Å². The summed E-state index contributed by atoms with van der Waals surface area (Å²) in [5.74, 6) is -0.260. The Balaban J connectivity index is 1.62. The normalized spacial score (nSPS) is 13.8. The number of aromatic nitrogens is 5. The minimum atomic E-state index is -2.00. The van der Waals surface area contributed by atoms with E-state index in [1.807, 2.05) is 6.07 Å². The number of rotatable bonds is 5. The number of nitrogens with one attached hydrogen (secondary N) is 2. The van der Waals surface area contributed by atoms with Crippen molar-refractivity contribution in [1.82, 2.24) is 29.6 Å². The van der Waals surface area contributed by atoms with E-state index in [2.05, 4.69) is 37.7 Å². The highest BCUT2D eigenvalue weighted by Gasteiger charge is 2.27. The number of halogens is 2. The Labute approximate surface area is 194 Å². The predicted octanol–water partition coefficient (Wildman–Crippen LogP) is 3.73. The van der Waals surface area contributed by atoms with E-state index in [1.54, 1.807) is 6.92 Å². The Hall–Kier alpha value is -3.66. The predicted molar refractivity (Wildman–Crippen MR) is 126 cm³/mol. The largest absolute Gasteiger partial charge is 0.324 e. The van der Waals surface area contributed by atoms with Crippen LogP contribution in [0.4, 0.5) is 20.4 Å². The number of pyridine rings is 1. The fourth-order valence-electron chi connectivity index (χ4n) is 4.26. The van der Waals surface area contributed by atoms with Gasteiger partial charge in [0.1, 0.15) is 22.6 Å². The fourth-order valence-corrected chi connectivity index (χ4v) is 4.26. The van der Waals surface area contributed by atoms with Crippen LogP contribution in [-0.2, 0) is 25.2 Å². The van der Waals surface area contributed by atoms with Crippen molar-refractivity contribution in [3.05, 3.63) is 69.5 Å². The van der Waals surface area contributed by atoms with E-state index in [-0.39, 0.29) is 22.5 Å². The van der Waals surface area contributed by atoms with Crippen molar-refractivity contribution in [1.29, 1.82) is 0 Å². The molecule has 0 amide bonds. The molecule has 1 aliphatic rings. The first-order valence-corrected chi connectivity index (χ1v) is 11.2. The zero-order valence-corrected chi connectivity index (χ0v) is 19.2. The molecule has 0 bridgehead atoms. The van der Waals surface area contributed by atoms with Gasteiger partial charge in [-0.25, -0.2) is 28.1 Å². The standard InChI is InChI=1S/C24H25F2N7O/c1-4-32-22(34)17-13-28-23(29-16-6-5-14-9-10-27-12-15(14)11-16)31-21(17)33(32)19-8-7-18(25)20(30-19)24(2,3)26/h5-8,11,13,27H,4,9-10,12H2,1-3H3,(H,28,29,31). The number of nitrogens with zero attached hydrogens (tertiary/aromatic N) is 5. The SMILES string of the molecule is CCn1c(=O)c2cnc(Nc3ccc4c(c3)CNCC4)nc2n1-c1ccc(F)c(C(C)(C)F)n1. The summed E-state index contributed by atoms with van der Waals surface area (Å²) >= 11 is 0. The molecule has 0 saturated heterocycles. The molecule has 5 rings (SSSR count). The van der Waals surface area contributed by atoms with E-state index < -0.39 is 11.5 Å². The molecule has 0 radical (unpaired) electrons. The van der Waals surface area contributed by atoms with Crippen molar-refractivity contribution in [3.8, 4) is 5.82 Å². The summed E-state index contributed by atoms with van der Waals surface area (Å²) < 4.78 is 31.8. The molecular formula is C24H25F2N7O. The highest BCUT2D eigenvalue weighted by atomic mass is 19.1. The third-order valence-corrected chi connectivity index (χ3v) is 5.94. The Bertz CT molecular complexity index is 1450. The van der Waals surface area contributed by atoms with Gasteiger partial charge in [-0.15, -0.1) is 0 Å². The van der Waals surface area contributed by atoms with E-state index in [4.69, 9.17) is 0 Å². The van der Waals surface area contributed by atoms with Crippen molar-refractivity contribution >= 4 is 22.7 Å². The fraction of sp³-hybridized carbons (Fsp3) is 0.333. The molecule has 0 fully saturated rings. The van der Waals surface area contributed by atoms with Gasteiger partial charge in [0.05, 0.1) is 0 Å². The van der Waals surface area contributed by atoms with Crippen molar-refractivity contribution < 1.29 is 8.78 Å². The summed E-state index contributed by atoms with van der Waals surface area (Å²) in [6.07, 6.45) is 2.44. The number of hydrogen-bond acceptors (Lipinski definition) is 6. The summed E-state index contributed by atoms with van der Waals surface area (Å²) in [5.41, 5.74) is 1.00. The second-order valence-corrected chi connectivity index (χ2v) is 8.77. The number of alkyl halides is 1. The van der Waals surface area contributed by atoms with Crippen LogP contribution in [0.15, 0.2) is 41.3 Å². The summed E-state index contributed by atoms with van der Waals surface area (Å²) in [7, 11) is 0. The van der Waals surface area contributed by atoms with Crippen molar-refractivity contribution in [2.45, 2.75) is 46.0 Å². The number of benzene rings is 1. The first kappa shape index (κ1) is 22.1. The van der Waals surface area contributed by atoms with Gasteiger partial charge in [-0.1, -0.05) is 6.07 Å². The molecule has 8 nitrogen and oxygen atoms in total. The van der Waals surface area contributed by atoms with Gasteiger partial charge in [-0.2, -0.15) is 4.98 Å². The molecular weight excluding hydrogens is 440 g/mol. The molecule has 3 aromatic heterocycles. The molecule has 0 spiro atoms. The molecule has 1 aliphatic heterocycles. The Morgan fingerprint density at radius 3 is 2.76 bits per heavy atom. The van der Waals surface area contributed by atoms with Crippen LogP contribution in [0.1, 0.15) is 37.6 Å². The van der Waals surface area contributed by atoms with E-state index >= 15 is 0 Å². The maximum absolute atomic E-state index is 14.6. The molecule has 4 aromatic rings. The number of hydrogen-bond donors (Lipinski definition) is 2. The Morgan fingerprint density at radius 1 is 1.18 bits per heavy atom. The van der Waals surface area contributed by atoms with E-state index in [1.165, 1.54) is 46.6 Å². The lowest BCUT2D eigenvalue weighted by Crippen LogP contribution is -2.23. The van der Waals surface area contributed by atoms with Gasteiger partial charge < -0.3 is 10.6 Å². The lowest BCUT2D eigenvalue weighted by molar-refractivity contribution is 0.205. The quantitative estimate of drug-likeness (QED) is 0.467. The molecule has 4 heterocycles. The van der Waals surface area contributed by atoms with E-state index in [9.17, 15) is 13.6 Å². The molecule has 2 N–H and O–H groups in total. The second kappa shape index (κ2) is 8.28. The third kappa shape index (κ3) is 3.83. The van der Waals surface area contributed by atoms with Crippen LogP contribution in [0.5, 0.6) is 0 Å². The average Bonchev–Trinajstić information content (AvgIpc) is 3.09. The summed E-state index contributed by atoms with van der Waals surface area (Å²) in [6.45, 7) is 6.34. The van der Waals surface area contributed by atoms with Crippen molar-refractivity contribution in [3.63, 3.8) is 0 Å². The van der Waals surface area contributed by atoms with E-state index in [0.717, 1.165) is 31.3 Å². The zero-order chi connectivity index (χ0) is 24.0. The van der Waals surface area contributed by atoms with Gasteiger partial charge >= 0.3 is 0 Å². The lowest BCUT2D eigenvalue weighted by Gasteiger charge is -2.18. The Morgan fingerprint density at radius 2 is 2.00 bits per heavy atom. The number of anilines is 2. The molecule has 0 atom stereocenters. The Kier molecular flexibility index (Phi) is 5.40. The minimum absolute atomic E-state index is 0.195. The maximum Gasteiger partial charge on any atom is 0.278 e. The van der Waals surface area contributed by atoms with Gasteiger partial charge in [0, 0.05) is 25.0 Å². The smallest absolute Gasteiger partial charge is 0.278 e. The molecule has 0 saturated carbocycles. The second-order valence-electron chi connectivity index (χ2n) is 8.77. The van der Waals surface area contributed by atoms with Gasteiger partial charge in [0.2, 0.25) is 5.95 Å². The van der Waals surface area contributed by atoms with Gasteiger partial charge in [-0.05, 0) is 69.1 Å². The summed E-state index contributed by atoms with van der Waals surface area (Å²) in [6, 6.07) is 8.66. The molecule has 34 heavy (non-hydrogen) atoms. The van der Waals surface area contributed by atoms with Crippen molar-refractivity contribution in [2.24, 2.45) is 0 Å². The first-order valence-electron chi connectivity index (χ1n) is 11.2. The molecule has 0 unspecified atom stereocenters. The van der Waals surface area contributed by atoms with Crippen molar-refractivity contribution in [2.75, 3.05) is 11.9 Å². The van der Waals surface area contributed by atoms with Gasteiger partial charge in [-0.3, -0.25) is 4.79 Å². The van der Waals surface area contributed by atoms with Crippen LogP contribution in [-0.4, -0.2) is 30.9 Å². The molecule has 0 aliphatic carbocycles. The number of fused-ring (bicyclic) bond motifs is 2. The summed E-state index contributed by atoms with van der Waals surface area (Å²) in [5, 5.41) is 6.84. The van der Waals surface area contributed by atoms with Crippen LogP contribution in [0.2, 0.25) is 0 Å². The van der Waals surface area contributed by atoms with Crippen LogP contribution in [0.25, 0.3) is 16.9 Å². The highest BCUT2D eigenvalue weighted by Crippen LogP contribution is 2.27. The monoisotopic (exact) mass is 465 g/mol. The summed E-state index contributed by atoms with van der Waals surface area (Å²) in [4.78, 5) is 26.1. The van der Waals surface area contributed by atoms with Crippen LogP contribution >= 0.6 is 0 Å². The lowest BCUT2D eigenvalue weighted by atomic mass is 10.0.